The van der Waals surface area contributed by atoms with Gasteiger partial charge in [-0.2, -0.15) is 5.10 Å². The summed E-state index contributed by atoms with van der Waals surface area (Å²) in [4.78, 5) is 22.9. The average Bonchev–Trinajstić information content (AvgIpc) is 2.37. The van der Waals surface area contributed by atoms with Crippen LogP contribution in [0.2, 0.25) is 0 Å². The van der Waals surface area contributed by atoms with Crippen LogP contribution in [0, 0.1) is 0 Å². The second-order valence-corrected chi connectivity index (χ2v) is 4.23. The predicted octanol–water partition coefficient (Wildman–Crippen LogP) is 1.62. The van der Waals surface area contributed by atoms with E-state index in [0.29, 0.717) is 18.4 Å². The Balaban J connectivity index is 1.97. The number of hydrazone groups is 1. The Bertz CT molecular complexity index is 491. The quantitative estimate of drug-likeness (QED) is 0.778. The third-order valence-electron chi connectivity index (χ3n) is 2.77. The Morgan fingerprint density at radius 3 is 2.61 bits per heavy atom. The maximum absolute atomic E-state index is 11.7. The average molecular weight is 246 g/mol. The normalized spacial score (nSPS) is 17.8. The van der Waals surface area contributed by atoms with Gasteiger partial charge in [-0.15, -0.1) is 0 Å². The Morgan fingerprint density at radius 2 is 1.94 bits per heavy atom. The van der Waals surface area contributed by atoms with Crippen LogP contribution >= 0.6 is 0 Å². The fraction of sp³-hybridized carbons (Fsp3) is 0.308. The molecule has 2 rings (SSSR count). The number of nitrogens with one attached hydrogen (secondary N) is 1. The molecule has 0 atom stereocenters. The topological polar surface area (TPSA) is 78.8 Å². The Kier molecular flexibility index (Phi) is 3.72. The molecule has 0 bridgehead atoms. The van der Waals surface area contributed by atoms with Crippen molar-refractivity contribution in [2.45, 2.75) is 25.7 Å². The van der Waals surface area contributed by atoms with E-state index in [4.69, 9.17) is 5.11 Å². The monoisotopic (exact) mass is 246 g/mol. The largest absolute Gasteiger partial charge is 0.508 e. The second-order valence-electron chi connectivity index (χ2n) is 4.23. The predicted molar refractivity (Wildman–Crippen MR) is 66.5 cm³/mol. The van der Waals surface area contributed by atoms with Crippen LogP contribution in [0.3, 0.4) is 0 Å². The van der Waals surface area contributed by atoms with Crippen LogP contribution in [0.25, 0.3) is 0 Å². The van der Waals surface area contributed by atoms with E-state index in [1.165, 1.54) is 24.3 Å². The summed E-state index contributed by atoms with van der Waals surface area (Å²) in [7, 11) is 0. The minimum absolute atomic E-state index is 0.107. The second kappa shape index (κ2) is 5.44. The van der Waals surface area contributed by atoms with Crippen LogP contribution in [-0.4, -0.2) is 22.5 Å². The van der Waals surface area contributed by atoms with Crippen LogP contribution in [0.15, 0.2) is 29.4 Å². The number of rotatable bonds is 2. The van der Waals surface area contributed by atoms with Crippen molar-refractivity contribution in [1.29, 1.82) is 0 Å². The van der Waals surface area contributed by atoms with E-state index in [0.717, 1.165) is 18.6 Å². The molecular formula is C13H14N2O3. The number of amides is 1. The van der Waals surface area contributed by atoms with Crippen LogP contribution in [0.5, 0.6) is 5.75 Å². The zero-order valence-corrected chi connectivity index (χ0v) is 9.85. The molecule has 5 heteroatoms. The molecule has 0 aromatic heterocycles. The first kappa shape index (κ1) is 12.3. The third-order valence-corrected chi connectivity index (χ3v) is 2.77. The summed E-state index contributed by atoms with van der Waals surface area (Å²) in [6.45, 7) is 0. The molecule has 1 fully saturated rings. The van der Waals surface area contributed by atoms with Crippen molar-refractivity contribution in [1.82, 2.24) is 5.43 Å². The molecule has 1 aromatic rings. The van der Waals surface area contributed by atoms with Gasteiger partial charge in [0.15, 0.2) is 0 Å². The Labute approximate surface area is 105 Å². The van der Waals surface area contributed by atoms with Crippen molar-refractivity contribution in [3.05, 3.63) is 29.8 Å². The lowest BCUT2D eigenvalue weighted by atomic mass is 9.97. The molecule has 1 aromatic carbocycles. The number of phenols is 1. The van der Waals surface area contributed by atoms with Crippen molar-refractivity contribution < 1.29 is 14.7 Å². The zero-order chi connectivity index (χ0) is 13.0. The fourth-order valence-electron chi connectivity index (χ4n) is 1.80. The van der Waals surface area contributed by atoms with Gasteiger partial charge in [-0.3, -0.25) is 9.59 Å². The van der Waals surface area contributed by atoms with Crippen LogP contribution in [-0.2, 0) is 4.79 Å². The molecule has 1 aliphatic carbocycles. The number of aromatic hydroxyl groups is 1. The van der Waals surface area contributed by atoms with E-state index < -0.39 is 0 Å². The maximum Gasteiger partial charge on any atom is 0.271 e. The minimum Gasteiger partial charge on any atom is -0.508 e. The molecule has 2 N–H and O–H groups in total. The number of hydrogen-bond acceptors (Lipinski definition) is 4. The van der Waals surface area contributed by atoms with Gasteiger partial charge >= 0.3 is 0 Å². The molecule has 0 unspecified atom stereocenters. The van der Waals surface area contributed by atoms with Gasteiger partial charge in [0, 0.05) is 24.1 Å². The maximum atomic E-state index is 11.7. The number of ketones is 1. The van der Waals surface area contributed by atoms with Gasteiger partial charge in [0.05, 0.1) is 0 Å². The fourth-order valence-corrected chi connectivity index (χ4v) is 1.80. The summed E-state index contributed by atoms with van der Waals surface area (Å²) in [5.74, 6) is -0.0739. The van der Waals surface area contributed by atoms with Crippen molar-refractivity contribution in [2.75, 3.05) is 0 Å². The SMILES string of the molecule is O=C1CCCC(=NNC(=O)c2ccc(O)cc2)C1. The number of hydrogen-bond donors (Lipinski definition) is 2. The lowest BCUT2D eigenvalue weighted by Crippen LogP contribution is -2.22. The summed E-state index contributed by atoms with van der Waals surface area (Å²) in [5, 5.41) is 13.1. The van der Waals surface area contributed by atoms with E-state index in [-0.39, 0.29) is 17.4 Å². The van der Waals surface area contributed by atoms with Crippen molar-refractivity contribution in [3.8, 4) is 5.75 Å². The molecule has 1 amide bonds. The molecule has 0 saturated heterocycles. The Morgan fingerprint density at radius 1 is 1.22 bits per heavy atom. The summed E-state index contributed by atoms with van der Waals surface area (Å²) in [6, 6.07) is 5.89. The van der Waals surface area contributed by atoms with Crippen molar-refractivity contribution >= 4 is 17.4 Å². The van der Waals surface area contributed by atoms with Gasteiger partial charge in [-0.05, 0) is 37.1 Å². The highest BCUT2D eigenvalue weighted by molar-refractivity contribution is 6.04. The molecule has 94 valence electrons. The van der Waals surface area contributed by atoms with Crippen LogP contribution in [0.1, 0.15) is 36.0 Å². The highest BCUT2D eigenvalue weighted by Gasteiger charge is 2.14. The molecule has 0 radical (unpaired) electrons. The number of nitrogens with zero attached hydrogens (tertiary/aromatic N) is 1. The standard InChI is InChI=1S/C13H14N2O3/c16-11-6-4-9(5-7-11)13(18)15-14-10-2-1-3-12(17)8-10/h4-7,16H,1-3,8H2,(H,15,18). The van der Waals surface area contributed by atoms with Gasteiger partial charge < -0.3 is 5.11 Å². The number of phenolic OH excluding ortho intramolecular Hbond substituents is 1. The third kappa shape index (κ3) is 3.16. The molecule has 5 nitrogen and oxygen atoms in total. The van der Waals surface area contributed by atoms with Crippen LogP contribution < -0.4 is 5.43 Å². The highest BCUT2D eigenvalue weighted by atomic mass is 16.3. The van der Waals surface area contributed by atoms with E-state index in [2.05, 4.69) is 10.5 Å². The first-order valence-corrected chi connectivity index (χ1v) is 5.81. The summed E-state index contributed by atoms with van der Waals surface area (Å²) < 4.78 is 0. The molecular weight excluding hydrogens is 232 g/mol. The number of carbonyl (C=O) groups is 2. The first-order valence-electron chi connectivity index (χ1n) is 5.81. The Hall–Kier alpha value is -2.17. The molecule has 18 heavy (non-hydrogen) atoms. The molecule has 0 heterocycles. The summed E-state index contributed by atoms with van der Waals surface area (Å²) in [6.07, 6.45) is 2.48. The highest BCUT2D eigenvalue weighted by Crippen LogP contribution is 2.12. The van der Waals surface area contributed by atoms with E-state index in [1.54, 1.807) is 0 Å². The van der Waals surface area contributed by atoms with Gasteiger partial charge in [0.1, 0.15) is 11.5 Å². The molecule has 1 aliphatic rings. The molecule has 1 saturated carbocycles. The lowest BCUT2D eigenvalue weighted by molar-refractivity contribution is -0.118. The smallest absolute Gasteiger partial charge is 0.271 e. The van der Waals surface area contributed by atoms with Crippen LogP contribution in [0.4, 0.5) is 0 Å². The zero-order valence-electron chi connectivity index (χ0n) is 9.85. The molecule has 0 aliphatic heterocycles. The first-order chi connectivity index (χ1) is 8.65. The van der Waals surface area contributed by atoms with Gasteiger partial charge in [0.2, 0.25) is 0 Å². The lowest BCUT2D eigenvalue weighted by Gasteiger charge is -2.11. The van der Waals surface area contributed by atoms with Crippen molar-refractivity contribution in [3.63, 3.8) is 0 Å². The number of carbonyl (C=O) groups excluding carboxylic acids is 2. The van der Waals surface area contributed by atoms with E-state index in [9.17, 15) is 9.59 Å². The van der Waals surface area contributed by atoms with Crippen molar-refractivity contribution in [2.24, 2.45) is 5.10 Å². The van der Waals surface area contributed by atoms with Gasteiger partial charge in [-0.1, -0.05) is 0 Å². The van der Waals surface area contributed by atoms with Gasteiger partial charge in [0.25, 0.3) is 5.91 Å². The van der Waals surface area contributed by atoms with E-state index in [1.807, 2.05) is 0 Å². The van der Waals surface area contributed by atoms with E-state index >= 15 is 0 Å². The number of Topliss-reactive ketones (excluding diaryl/α,β-unsaturated/α-hetero) is 1. The molecule has 0 spiro atoms. The minimum atomic E-state index is -0.347. The summed E-state index contributed by atoms with van der Waals surface area (Å²) >= 11 is 0. The summed E-state index contributed by atoms with van der Waals surface area (Å²) in [5.41, 5.74) is 3.56. The van der Waals surface area contributed by atoms with Gasteiger partial charge in [-0.25, -0.2) is 5.43 Å². The number of benzene rings is 1.